The average Bonchev–Trinajstić information content (AvgIpc) is 2.10. The molecule has 1 aliphatic rings. The van der Waals surface area contributed by atoms with Crippen LogP contribution in [0.1, 0.15) is 0 Å². The molecule has 0 N–H and O–H groups in total. The second-order valence-corrected chi connectivity index (χ2v) is 7.90. The molecule has 5 nitrogen and oxygen atoms in total. The lowest BCUT2D eigenvalue weighted by Crippen LogP contribution is -1.96. The quantitative estimate of drug-likeness (QED) is 0.546. The predicted octanol–water partition coefficient (Wildman–Crippen LogP) is 0.186. The van der Waals surface area contributed by atoms with Crippen LogP contribution in [0.5, 0.6) is 0 Å². The van der Waals surface area contributed by atoms with Gasteiger partial charge in [-0.15, -0.1) is 0 Å². The highest BCUT2D eigenvalue weighted by molar-refractivity contribution is 8.49. The first-order valence-corrected chi connectivity index (χ1v) is 6.38. The van der Waals surface area contributed by atoms with Gasteiger partial charge in [0.2, 0.25) is 0 Å². The van der Waals surface area contributed by atoms with Crippen LogP contribution in [0.4, 0.5) is 0 Å². The van der Waals surface area contributed by atoms with Gasteiger partial charge in [-0.2, -0.15) is 8.42 Å². The van der Waals surface area contributed by atoms with Crippen molar-refractivity contribution in [3.8, 4) is 0 Å². The Balaban J connectivity index is 3.11. The molecule has 0 radical (unpaired) electrons. The van der Waals surface area contributed by atoms with Crippen LogP contribution in [0.3, 0.4) is 0 Å². The molecule has 1 unspecified atom stereocenters. The van der Waals surface area contributed by atoms with Crippen LogP contribution >= 0.6 is 6.57 Å². The van der Waals surface area contributed by atoms with E-state index in [-0.39, 0.29) is 12.8 Å². The summed E-state index contributed by atoms with van der Waals surface area (Å²) in [7, 11) is -2.80. The van der Waals surface area contributed by atoms with Crippen molar-refractivity contribution in [2.45, 2.75) is 0 Å². The Morgan fingerprint density at radius 1 is 1.60 bits per heavy atom. The maximum atomic E-state index is 11.1. The second kappa shape index (κ2) is 2.30. The van der Waals surface area contributed by atoms with Crippen LogP contribution in [0.25, 0.3) is 0 Å². The Hall–Kier alpha value is 0.100. The van der Waals surface area contributed by atoms with E-state index in [1.165, 1.54) is 0 Å². The van der Waals surface area contributed by atoms with Gasteiger partial charge in [-0.3, -0.25) is 8.75 Å². The minimum Gasteiger partial charge on any atom is -0.319 e. The molecule has 1 fully saturated rings. The lowest BCUT2D eigenvalue weighted by atomic mass is 10.9. The van der Waals surface area contributed by atoms with Gasteiger partial charge in [0.15, 0.2) is 0 Å². The van der Waals surface area contributed by atoms with E-state index in [2.05, 4.69) is 8.71 Å². The molecule has 0 amide bonds. The summed E-state index contributed by atoms with van der Waals surface area (Å²) in [5.41, 5.74) is 0. The summed E-state index contributed by atoms with van der Waals surface area (Å²) in [6.45, 7) is -3.54. The van der Waals surface area contributed by atoms with E-state index in [9.17, 15) is 13.0 Å². The molecule has 1 aliphatic heterocycles. The van der Waals surface area contributed by atoms with Crippen molar-refractivity contribution >= 4 is 16.3 Å². The van der Waals surface area contributed by atoms with Gasteiger partial charge in [0, 0.05) is 7.11 Å². The molecule has 7 heteroatoms. The van der Waals surface area contributed by atoms with Crippen LogP contribution in [-0.2, 0) is 23.0 Å². The molecule has 0 aromatic carbocycles. The molecule has 60 valence electrons. The van der Waals surface area contributed by atoms with E-state index in [0.29, 0.717) is 0 Å². The lowest BCUT2D eigenvalue weighted by molar-refractivity contribution is 0.362. The zero-order valence-corrected chi connectivity index (χ0v) is 7.02. The third-order valence-electron chi connectivity index (χ3n) is 1.22. The van der Waals surface area contributed by atoms with Gasteiger partial charge >= 0.3 is 16.3 Å². The molecule has 1 rings (SSSR count). The van der Waals surface area contributed by atoms with Crippen molar-refractivity contribution in [3.63, 3.8) is 0 Å². The molecule has 0 aliphatic carbocycles. The standard InChI is InChI=1S/C3H7O5PS/c1-7-9(4)3-2-8-10(9,5)6/h2-3H2,1H3. The fourth-order valence-electron chi connectivity index (χ4n) is 0.629. The third-order valence-corrected chi connectivity index (χ3v) is 7.00. The summed E-state index contributed by atoms with van der Waals surface area (Å²) >= 11 is 0. The van der Waals surface area contributed by atoms with Crippen LogP contribution in [0, 0.1) is 0 Å². The SMILES string of the molecule is COP1(=O)CCOS1(=O)=O. The van der Waals surface area contributed by atoms with Crippen molar-refractivity contribution in [3.05, 3.63) is 0 Å². The highest BCUT2D eigenvalue weighted by Crippen LogP contribution is 2.56. The molecule has 10 heavy (non-hydrogen) atoms. The summed E-state index contributed by atoms with van der Waals surface area (Å²) in [5.74, 6) is 0. The van der Waals surface area contributed by atoms with Gasteiger partial charge in [-0.05, 0) is 0 Å². The molecule has 0 bridgehead atoms. The summed E-state index contributed by atoms with van der Waals surface area (Å²) in [6.07, 6.45) is -0.0359. The van der Waals surface area contributed by atoms with Crippen molar-refractivity contribution in [2.75, 3.05) is 19.9 Å². The van der Waals surface area contributed by atoms with Crippen LogP contribution in [0.15, 0.2) is 0 Å². The summed E-state index contributed by atoms with van der Waals surface area (Å²) in [4.78, 5) is 0. The first kappa shape index (κ1) is 8.20. The molecular weight excluding hydrogens is 179 g/mol. The monoisotopic (exact) mass is 186 g/mol. The maximum absolute atomic E-state index is 11.1. The van der Waals surface area contributed by atoms with Gasteiger partial charge in [-0.1, -0.05) is 0 Å². The van der Waals surface area contributed by atoms with E-state index in [0.717, 1.165) is 7.11 Å². The van der Waals surface area contributed by atoms with Crippen LogP contribution in [-0.4, -0.2) is 28.3 Å². The molecule has 1 atom stereocenters. The average molecular weight is 186 g/mol. The molecule has 0 spiro atoms. The minimum atomic E-state index is -3.90. The number of rotatable bonds is 1. The molecule has 0 aromatic rings. The van der Waals surface area contributed by atoms with Crippen molar-refractivity contribution in [2.24, 2.45) is 0 Å². The normalized spacial score (nSPS) is 38.1. The molecule has 1 saturated heterocycles. The highest BCUT2D eigenvalue weighted by atomic mass is 32.8. The first-order valence-electron chi connectivity index (χ1n) is 2.56. The van der Waals surface area contributed by atoms with Gasteiger partial charge in [0.1, 0.15) is 0 Å². The number of hydrogen-bond donors (Lipinski definition) is 0. The molecule has 1 heterocycles. The zero-order chi connectivity index (χ0) is 7.83. The first-order chi connectivity index (χ1) is 4.52. The van der Waals surface area contributed by atoms with Gasteiger partial charge in [0.05, 0.1) is 12.8 Å². The third kappa shape index (κ3) is 1.01. The predicted molar refractivity (Wildman–Crippen MR) is 34.4 cm³/mol. The molecular formula is C3H7O5PS. The van der Waals surface area contributed by atoms with E-state index in [1.807, 2.05) is 0 Å². The van der Waals surface area contributed by atoms with E-state index in [1.54, 1.807) is 0 Å². The maximum Gasteiger partial charge on any atom is 0.344 e. The molecule has 0 aromatic heterocycles. The summed E-state index contributed by atoms with van der Waals surface area (Å²) in [6, 6.07) is 0. The van der Waals surface area contributed by atoms with Crippen LogP contribution in [0.2, 0.25) is 0 Å². The Morgan fingerprint density at radius 3 is 2.40 bits per heavy atom. The van der Waals surface area contributed by atoms with Crippen LogP contribution < -0.4 is 0 Å². The lowest BCUT2D eigenvalue weighted by Gasteiger charge is -2.03. The Bertz CT molecular complexity index is 267. The Kier molecular flexibility index (Phi) is 1.89. The van der Waals surface area contributed by atoms with Crippen molar-refractivity contribution in [1.29, 1.82) is 0 Å². The zero-order valence-electron chi connectivity index (χ0n) is 5.31. The fraction of sp³-hybridized carbons (Fsp3) is 1.00. The highest BCUT2D eigenvalue weighted by Gasteiger charge is 2.45. The molecule has 0 saturated carbocycles. The minimum absolute atomic E-state index is 0.0343. The largest absolute Gasteiger partial charge is 0.344 e. The van der Waals surface area contributed by atoms with E-state index in [4.69, 9.17) is 0 Å². The number of hydrogen-bond acceptors (Lipinski definition) is 5. The Morgan fingerprint density at radius 2 is 2.20 bits per heavy atom. The summed E-state index contributed by atoms with van der Waals surface area (Å²) in [5, 5.41) is 0. The van der Waals surface area contributed by atoms with Gasteiger partial charge < -0.3 is 4.52 Å². The van der Waals surface area contributed by atoms with Crippen molar-refractivity contribution in [1.82, 2.24) is 0 Å². The summed E-state index contributed by atoms with van der Waals surface area (Å²) < 4.78 is 41.1. The topological polar surface area (TPSA) is 69.7 Å². The van der Waals surface area contributed by atoms with E-state index < -0.39 is 16.3 Å². The van der Waals surface area contributed by atoms with Gasteiger partial charge in [-0.25, -0.2) is 0 Å². The second-order valence-electron chi connectivity index (χ2n) is 1.77. The Labute approximate surface area is 58.6 Å². The van der Waals surface area contributed by atoms with E-state index >= 15 is 0 Å². The van der Waals surface area contributed by atoms with Crippen molar-refractivity contribution < 1.29 is 21.7 Å². The smallest absolute Gasteiger partial charge is 0.319 e. The van der Waals surface area contributed by atoms with Gasteiger partial charge in [0.25, 0.3) is 0 Å². The fourth-order valence-corrected chi connectivity index (χ4v) is 4.26.